The molecule has 0 fully saturated rings. The summed E-state index contributed by atoms with van der Waals surface area (Å²) in [7, 11) is 0. The highest BCUT2D eigenvalue weighted by Crippen LogP contribution is 2.43. The van der Waals surface area contributed by atoms with Gasteiger partial charge in [0, 0.05) is 77.5 Å². The molecule has 0 aliphatic rings. The molecule has 5 N–H and O–H groups in total. The number of halogens is 6. The van der Waals surface area contributed by atoms with Gasteiger partial charge >= 0.3 is 0 Å². The highest BCUT2D eigenvalue weighted by atomic mass is 35.5. The van der Waals surface area contributed by atoms with Gasteiger partial charge in [-0.15, -0.1) is 32.9 Å². The van der Waals surface area contributed by atoms with Crippen LogP contribution in [-0.4, -0.2) is 73.6 Å². The van der Waals surface area contributed by atoms with Crippen LogP contribution in [0.15, 0.2) is 81.1 Å². The van der Waals surface area contributed by atoms with E-state index in [-0.39, 0.29) is 98.5 Å². The molecule has 98 heavy (non-hydrogen) atoms. The molecule has 0 spiro atoms. The first-order valence-electron chi connectivity index (χ1n) is 33.1. The molecule has 0 saturated heterocycles. The van der Waals surface area contributed by atoms with Gasteiger partial charge in [0.1, 0.15) is 52.7 Å². The number of hydrogen-bond acceptors (Lipinski definition) is 16. The summed E-state index contributed by atoms with van der Waals surface area (Å²) < 4.78 is 8.91. The van der Waals surface area contributed by atoms with E-state index in [1.54, 1.807) is 36.4 Å². The van der Waals surface area contributed by atoms with Gasteiger partial charge in [-0.2, -0.15) is 20.7 Å². The lowest BCUT2D eigenvalue weighted by molar-refractivity contribution is -0.115. The Labute approximate surface area is 612 Å². The molecule has 2 aromatic heterocycles. The number of unbranched alkanes of at least 4 members (excludes halogenated alkanes) is 2. The minimum atomic E-state index is -0.508. The Morgan fingerprint density at radius 2 is 0.980 bits per heavy atom. The summed E-state index contributed by atoms with van der Waals surface area (Å²) in [5.41, 5.74) is 11.8. The predicted molar refractivity (Wildman–Crippen MR) is 408 cm³/mol. The smallest absolute Gasteiger partial charge is 0.224 e. The SMILES string of the molecule is CC(=O)Nc1cc(N(C(C)C)C(C)C)ccc1N=Nc1c(C#N)c(C(C)(C)C)nn1-c1c(Cl)cc(N)cc1Cl.CCCCC(CC)C(=O)Cl.CCCCC(CC)OCNc1cc(Cl)c(-n2nc(C(C)(C)C)c(C#N)c2N=Nc2ccc(N(C(C)C)C(C)C)cc2NC(C)=O)c(Cl)c1.Cl. The third-order valence-corrected chi connectivity index (χ3v) is 16.9. The van der Waals surface area contributed by atoms with Crippen molar-refractivity contribution in [2.24, 2.45) is 26.4 Å². The third-order valence-electron chi connectivity index (χ3n) is 15.4. The fourth-order valence-electron chi connectivity index (χ4n) is 10.9. The summed E-state index contributed by atoms with van der Waals surface area (Å²) in [6.07, 6.45) is 8.43. The van der Waals surface area contributed by atoms with Crippen molar-refractivity contribution < 1.29 is 19.1 Å². The van der Waals surface area contributed by atoms with Gasteiger partial charge in [0.05, 0.1) is 49.0 Å². The van der Waals surface area contributed by atoms with Gasteiger partial charge in [0.15, 0.2) is 11.6 Å². The molecule has 2 unspecified atom stereocenters. The Hall–Kier alpha value is -7.01. The van der Waals surface area contributed by atoms with Crippen LogP contribution in [0.4, 0.5) is 57.1 Å². The summed E-state index contributed by atoms with van der Waals surface area (Å²) in [6.45, 7) is 40.2. The van der Waals surface area contributed by atoms with E-state index >= 15 is 0 Å². The zero-order valence-corrected chi connectivity index (χ0v) is 65.1. The number of amides is 2. The molecule has 0 radical (unpaired) electrons. The fraction of sp³-hybridized carbons (Fsp3) is 0.514. The molecule has 0 saturated carbocycles. The number of azo groups is 2. The first-order valence-corrected chi connectivity index (χ1v) is 35.0. The Morgan fingerprint density at radius 1 is 0.602 bits per heavy atom. The van der Waals surface area contributed by atoms with Gasteiger partial charge in [-0.3, -0.25) is 14.4 Å². The number of nitrogen functional groups attached to an aromatic ring is 1. The molecule has 2 heterocycles. The van der Waals surface area contributed by atoms with Crippen LogP contribution in [0.25, 0.3) is 11.4 Å². The maximum Gasteiger partial charge on any atom is 0.224 e. The number of carbonyl (C=O) groups excluding carboxylic acids is 3. The molecule has 0 aliphatic carbocycles. The highest BCUT2D eigenvalue weighted by molar-refractivity contribution is 6.64. The van der Waals surface area contributed by atoms with Gasteiger partial charge in [0.25, 0.3) is 0 Å². The van der Waals surface area contributed by atoms with Crippen molar-refractivity contribution in [2.45, 2.75) is 231 Å². The van der Waals surface area contributed by atoms with Crippen molar-refractivity contribution in [1.29, 1.82) is 10.5 Å². The minimum absolute atomic E-state index is 0. The van der Waals surface area contributed by atoms with E-state index in [1.165, 1.54) is 23.2 Å². The normalized spacial score (nSPS) is 12.2. The van der Waals surface area contributed by atoms with Gasteiger partial charge < -0.3 is 36.2 Å². The summed E-state index contributed by atoms with van der Waals surface area (Å²) in [4.78, 5) is 39.4. The highest BCUT2D eigenvalue weighted by Gasteiger charge is 2.32. The topological polar surface area (TPSA) is 262 Å². The number of anilines is 6. The largest absolute Gasteiger partial charge is 0.399 e. The molecule has 6 aromatic rings. The standard InChI is InChI=1S/C36H50Cl2N8O2.C28H34Cl2N8O.C8H15ClO.ClH/c1-11-13-14-27(12-2)48-21-40-25-17-29(37)33(30(38)18-25)46-35(28(20-39)34(44-46)36(8,9)10)43-42-31-16-15-26(19-32(31)41-24(7)47)45(22(3)4)23(5)6;1-15(2)37(16(3)4)19-9-10-23(24(13-19)33-17(5)39)34-35-27-20(14-31)26(28(6,7)8)36-38(27)25-21(29)11-18(32)12-22(25)30;1-3-5-6-7(4-2)8(9)10;/h15-19,22-23,27,40H,11-14,21H2,1-10H3,(H,41,47);9-13,15-16H,32H2,1-8H3,(H,33,39);7H,3-6H2,1-2H3;1H. The first-order chi connectivity index (χ1) is 45.5. The minimum Gasteiger partial charge on any atom is -0.399 e. The number of nitrogens with zero attached hydrogens (tertiary/aromatic N) is 12. The summed E-state index contributed by atoms with van der Waals surface area (Å²) in [6, 6.07) is 23.2. The van der Waals surface area contributed by atoms with Gasteiger partial charge in [0.2, 0.25) is 17.1 Å². The Bertz CT molecular complexity index is 3750. The van der Waals surface area contributed by atoms with Crippen LogP contribution in [0.3, 0.4) is 0 Å². The number of nitrogens with one attached hydrogen (secondary N) is 3. The van der Waals surface area contributed by atoms with E-state index < -0.39 is 10.8 Å². The monoisotopic (exact) mass is 1460 g/mol. The first kappa shape index (κ1) is 85.2. The van der Waals surface area contributed by atoms with E-state index in [2.05, 4.69) is 140 Å². The average molecular weight is 1470 g/mol. The second-order valence-electron chi connectivity index (χ2n) is 26.8. The molecule has 0 aliphatic heterocycles. The molecule has 6 rings (SSSR count). The van der Waals surface area contributed by atoms with Gasteiger partial charge in [-0.05, 0) is 153 Å². The van der Waals surface area contributed by atoms with E-state index in [4.69, 9.17) is 73.6 Å². The second-order valence-corrected chi connectivity index (χ2v) is 28.8. The van der Waals surface area contributed by atoms with Crippen molar-refractivity contribution in [3.63, 3.8) is 0 Å². The number of rotatable bonds is 27. The summed E-state index contributed by atoms with van der Waals surface area (Å²) >= 11 is 32.1. The van der Waals surface area contributed by atoms with Crippen molar-refractivity contribution in [1.82, 2.24) is 19.6 Å². The Balaban J connectivity index is 0.000000449. The number of nitriles is 2. The molecule has 20 nitrogen and oxygen atoms in total. The number of hydrogen-bond donors (Lipinski definition) is 4. The Kier molecular flexibility index (Phi) is 34.0. The number of nitrogens with two attached hydrogens (primary N) is 1. The summed E-state index contributed by atoms with van der Waals surface area (Å²) in [5, 5.41) is 57.9. The van der Waals surface area contributed by atoms with Gasteiger partial charge in [-0.1, -0.05) is 141 Å². The van der Waals surface area contributed by atoms with Crippen molar-refractivity contribution in [3.05, 3.63) is 103 Å². The van der Waals surface area contributed by atoms with E-state index in [1.807, 2.05) is 72.7 Å². The fourth-order valence-corrected chi connectivity index (χ4v) is 12.5. The molecule has 26 heteroatoms. The molecular formula is C72H100Cl6N16O4. The molecule has 534 valence electrons. The second kappa shape index (κ2) is 39.1. The predicted octanol–water partition coefficient (Wildman–Crippen LogP) is 22.0. The number of ether oxygens (including phenoxy) is 1. The molecule has 2 atom stereocenters. The molecule has 0 bridgehead atoms. The van der Waals surface area contributed by atoms with E-state index in [9.17, 15) is 24.9 Å². The van der Waals surface area contributed by atoms with Crippen LogP contribution in [0, 0.1) is 28.6 Å². The lowest BCUT2D eigenvalue weighted by atomic mass is 9.89. The lowest BCUT2D eigenvalue weighted by Crippen LogP contribution is -2.37. The number of benzene rings is 4. The van der Waals surface area contributed by atoms with E-state index in [0.717, 1.165) is 62.7 Å². The Morgan fingerprint density at radius 3 is 1.30 bits per heavy atom. The average Bonchev–Trinajstić information content (AvgIpc) is 1.61. The van der Waals surface area contributed by atoms with Crippen LogP contribution in [-0.2, 0) is 30.0 Å². The van der Waals surface area contributed by atoms with Crippen molar-refractivity contribution in [2.75, 3.05) is 38.2 Å². The zero-order chi connectivity index (χ0) is 73.0. The maximum atomic E-state index is 12.2. The molecule has 4 aromatic carbocycles. The summed E-state index contributed by atoms with van der Waals surface area (Å²) in [5.74, 6) is -0.0735. The lowest BCUT2D eigenvalue weighted by Gasteiger charge is -2.33. The van der Waals surface area contributed by atoms with Crippen LogP contribution >= 0.6 is 70.4 Å². The van der Waals surface area contributed by atoms with Crippen LogP contribution in [0.1, 0.15) is 212 Å². The van der Waals surface area contributed by atoms with Crippen LogP contribution in [0.2, 0.25) is 20.1 Å². The maximum absolute atomic E-state index is 12.2. The van der Waals surface area contributed by atoms with Crippen molar-refractivity contribution >= 4 is 145 Å². The van der Waals surface area contributed by atoms with Gasteiger partial charge in [-0.25, -0.2) is 9.36 Å². The quantitative estimate of drug-likeness (QED) is 0.0162. The molecule has 2 amide bonds. The van der Waals surface area contributed by atoms with Crippen LogP contribution < -0.4 is 31.5 Å². The molecular weight excluding hydrogens is 1370 g/mol. The number of aromatic nitrogens is 4. The van der Waals surface area contributed by atoms with Crippen molar-refractivity contribution in [3.8, 4) is 23.5 Å². The zero-order valence-electron chi connectivity index (χ0n) is 60.5. The third kappa shape index (κ3) is 23.6. The van der Waals surface area contributed by atoms with Crippen LogP contribution in [0.5, 0.6) is 0 Å². The number of carbonyl (C=O) groups is 3. The van der Waals surface area contributed by atoms with E-state index in [0.29, 0.717) is 73.7 Å².